The van der Waals surface area contributed by atoms with E-state index in [2.05, 4.69) is 5.32 Å². The summed E-state index contributed by atoms with van der Waals surface area (Å²) in [4.78, 5) is 22.7. The highest BCUT2D eigenvalue weighted by molar-refractivity contribution is 5.84. The lowest BCUT2D eigenvalue weighted by atomic mass is 9.84. The summed E-state index contributed by atoms with van der Waals surface area (Å²) in [6.45, 7) is 3.16. The van der Waals surface area contributed by atoms with Gasteiger partial charge in [-0.05, 0) is 31.9 Å². The van der Waals surface area contributed by atoms with Gasteiger partial charge >= 0.3 is 5.97 Å². The maximum absolute atomic E-state index is 12.1. The first-order valence-electron chi connectivity index (χ1n) is 6.19. The number of ether oxygens (including phenoxy) is 1. The number of hydrogen-bond acceptors (Lipinski definition) is 4. The molecule has 6 nitrogen and oxygen atoms in total. The molecule has 2 heterocycles. The molecule has 1 saturated heterocycles. The Morgan fingerprint density at radius 1 is 1.47 bits per heavy atom. The van der Waals surface area contributed by atoms with Gasteiger partial charge in [-0.1, -0.05) is 0 Å². The summed E-state index contributed by atoms with van der Waals surface area (Å²) in [6.07, 6.45) is 1.66. The molecule has 1 aliphatic heterocycles. The van der Waals surface area contributed by atoms with Gasteiger partial charge in [0, 0.05) is 6.61 Å². The number of hydrogen-bond donors (Lipinski definition) is 2. The van der Waals surface area contributed by atoms with Crippen LogP contribution in [0.4, 0.5) is 0 Å². The molecule has 0 aliphatic carbocycles. The fourth-order valence-electron chi connectivity index (χ4n) is 2.08. The summed E-state index contributed by atoms with van der Waals surface area (Å²) < 4.78 is 10.4. The summed E-state index contributed by atoms with van der Waals surface area (Å²) in [5.74, 6) is -0.923. The molecule has 0 spiro atoms. The number of carbonyl (C=O) groups is 2. The van der Waals surface area contributed by atoms with Crippen molar-refractivity contribution >= 4 is 11.9 Å². The van der Waals surface area contributed by atoms with E-state index in [1.165, 1.54) is 6.07 Å². The topological polar surface area (TPSA) is 88.8 Å². The van der Waals surface area contributed by atoms with Crippen LogP contribution in [0.25, 0.3) is 0 Å². The van der Waals surface area contributed by atoms with Crippen LogP contribution in [-0.4, -0.2) is 30.2 Å². The van der Waals surface area contributed by atoms with Gasteiger partial charge in [-0.3, -0.25) is 4.79 Å². The molecule has 0 unspecified atom stereocenters. The van der Waals surface area contributed by atoms with Crippen LogP contribution in [-0.2, 0) is 16.1 Å². The second-order valence-electron chi connectivity index (χ2n) is 4.97. The zero-order valence-electron chi connectivity index (χ0n) is 10.8. The van der Waals surface area contributed by atoms with Crippen LogP contribution in [0.15, 0.2) is 16.5 Å². The predicted octanol–water partition coefficient (Wildman–Crippen LogP) is 1.41. The predicted molar refractivity (Wildman–Crippen MR) is 65.7 cm³/mol. The highest BCUT2D eigenvalue weighted by Crippen LogP contribution is 2.28. The third-order valence-electron chi connectivity index (χ3n) is 3.28. The number of carbonyl (C=O) groups excluding carboxylic acids is 1. The highest BCUT2D eigenvalue weighted by Gasteiger charge is 2.35. The fourth-order valence-corrected chi connectivity index (χ4v) is 2.08. The molecule has 1 atom stereocenters. The van der Waals surface area contributed by atoms with Crippen molar-refractivity contribution in [3.63, 3.8) is 0 Å². The number of furan rings is 1. The first-order valence-corrected chi connectivity index (χ1v) is 6.19. The number of nitrogens with one attached hydrogen (secondary N) is 1. The van der Waals surface area contributed by atoms with Crippen molar-refractivity contribution in [3.8, 4) is 0 Å². The van der Waals surface area contributed by atoms with Crippen molar-refractivity contribution in [2.45, 2.75) is 26.3 Å². The molecule has 1 aromatic heterocycles. The molecule has 1 fully saturated rings. The molecule has 19 heavy (non-hydrogen) atoms. The Labute approximate surface area is 110 Å². The second kappa shape index (κ2) is 5.44. The minimum absolute atomic E-state index is 0.0968. The number of rotatable bonds is 4. The van der Waals surface area contributed by atoms with Crippen molar-refractivity contribution in [2.75, 3.05) is 13.2 Å². The second-order valence-corrected chi connectivity index (χ2v) is 4.97. The number of aromatic carboxylic acids is 1. The summed E-state index contributed by atoms with van der Waals surface area (Å²) in [5, 5.41) is 11.5. The number of carboxylic acid groups (broad SMARTS) is 1. The van der Waals surface area contributed by atoms with E-state index in [9.17, 15) is 9.59 Å². The summed E-state index contributed by atoms with van der Waals surface area (Å²) in [6, 6.07) is 2.92. The zero-order chi connectivity index (χ0) is 13.9. The highest BCUT2D eigenvalue weighted by atomic mass is 16.5. The Bertz CT molecular complexity index is 473. The molecule has 0 bridgehead atoms. The van der Waals surface area contributed by atoms with E-state index < -0.39 is 11.4 Å². The summed E-state index contributed by atoms with van der Waals surface area (Å²) in [7, 11) is 0. The molecular formula is C13H17NO5. The molecule has 6 heteroatoms. The van der Waals surface area contributed by atoms with Gasteiger partial charge in [-0.2, -0.15) is 0 Å². The number of amides is 1. The Morgan fingerprint density at radius 3 is 2.84 bits per heavy atom. The Kier molecular flexibility index (Phi) is 3.90. The molecule has 0 aromatic carbocycles. The standard InChI is InChI=1S/C13H17NO5/c1-13(5-2-6-18-8-13)12(17)14-7-9-3-4-10(19-9)11(15)16/h3-4H,2,5-8H2,1H3,(H,14,17)(H,15,16)/t13-/m1/s1. The zero-order valence-corrected chi connectivity index (χ0v) is 10.8. The first-order chi connectivity index (χ1) is 9.01. The van der Waals surface area contributed by atoms with Gasteiger partial charge in [0.2, 0.25) is 11.7 Å². The van der Waals surface area contributed by atoms with Gasteiger partial charge in [-0.25, -0.2) is 4.79 Å². The van der Waals surface area contributed by atoms with Gasteiger partial charge in [-0.15, -0.1) is 0 Å². The van der Waals surface area contributed by atoms with Gasteiger partial charge in [0.25, 0.3) is 0 Å². The van der Waals surface area contributed by atoms with Crippen LogP contribution in [0.3, 0.4) is 0 Å². The monoisotopic (exact) mass is 267 g/mol. The first kappa shape index (κ1) is 13.6. The summed E-state index contributed by atoms with van der Waals surface area (Å²) in [5.41, 5.74) is -0.513. The maximum atomic E-state index is 12.1. The van der Waals surface area contributed by atoms with E-state index in [0.717, 1.165) is 12.8 Å². The van der Waals surface area contributed by atoms with Gasteiger partial charge in [0.15, 0.2) is 0 Å². The van der Waals surface area contributed by atoms with Gasteiger partial charge in [0.05, 0.1) is 18.6 Å². The molecule has 0 saturated carbocycles. The third-order valence-corrected chi connectivity index (χ3v) is 3.28. The largest absolute Gasteiger partial charge is 0.475 e. The Morgan fingerprint density at radius 2 is 2.26 bits per heavy atom. The van der Waals surface area contributed by atoms with Crippen LogP contribution in [0, 0.1) is 5.41 Å². The Hall–Kier alpha value is -1.82. The van der Waals surface area contributed by atoms with Crippen LogP contribution < -0.4 is 5.32 Å². The van der Waals surface area contributed by atoms with Crippen LogP contribution >= 0.6 is 0 Å². The molecule has 1 amide bonds. The summed E-state index contributed by atoms with van der Waals surface area (Å²) >= 11 is 0. The third kappa shape index (κ3) is 3.14. The molecule has 1 aliphatic rings. The van der Waals surface area contributed by atoms with Gasteiger partial charge in [0.1, 0.15) is 5.76 Å². The molecule has 1 aromatic rings. The Balaban J connectivity index is 1.90. The SMILES string of the molecule is C[C@@]1(C(=O)NCc2ccc(C(=O)O)o2)CCCOC1. The van der Waals surface area contributed by atoms with E-state index in [1.54, 1.807) is 6.07 Å². The molecular weight excluding hydrogens is 250 g/mol. The minimum atomic E-state index is -1.12. The van der Waals surface area contributed by atoms with Crippen molar-refractivity contribution < 1.29 is 23.8 Å². The molecule has 104 valence electrons. The van der Waals surface area contributed by atoms with Crippen molar-refractivity contribution in [3.05, 3.63) is 23.7 Å². The lowest BCUT2D eigenvalue weighted by Gasteiger charge is -2.31. The number of carboxylic acids is 1. The van der Waals surface area contributed by atoms with E-state index in [1.807, 2.05) is 6.92 Å². The van der Waals surface area contributed by atoms with E-state index in [4.69, 9.17) is 14.3 Å². The van der Waals surface area contributed by atoms with E-state index >= 15 is 0 Å². The average Bonchev–Trinajstić information content (AvgIpc) is 2.85. The van der Waals surface area contributed by atoms with Crippen molar-refractivity contribution in [1.29, 1.82) is 0 Å². The lowest BCUT2D eigenvalue weighted by Crippen LogP contribution is -2.43. The maximum Gasteiger partial charge on any atom is 0.371 e. The van der Waals surface area contributed by atoms with Crippen LogP contribution in [0.1, 0.15) is 36.1 Å². The van der Waals surface area contributed by atoms with Crippen molar-refractivity contribution in [2.24, 2.45) is 5.41 Å². The fraction of sp³-hybridized carbons (Fsp3) is 0.538. The van der Waals surface area contributed by atoms with Crippen molar-refractivity contribution in [1.82, 2.24) is 5.32 Å². The van der Waals surface area contributed by atoms with Crippen LogP contribution in [0.2, 0.25) is 0 Å². The smallest absolute Gasteiger partial charge is 0.371 e. The molecule has 0 radical (unpaired) electrons. The molecule has 2 rings (SSSR count). The molecule has 2 N–H and O–H groups in total. The van der Waals surface area contributed by atoms with Crippen LogP contribution in [0.5, 0.6) is 0 Å². The average molecular weight is 267 g/mol. The van der Waals surface area contributed by atoms with Gasteiger partial charge < -0.3 is 19.6 Å². The normalized spacial score (nSPS) is 23.0. The van der Waals surface area contributed by atoms with E-state index in [0.29, 0.717) is 19.0 Å². The van der Waals surface area contributed by atoms with E-state index in [-0.39, 0.29) is 18.2 Å². The lowest BCUT2D eigenvalue weighted by molar-refractivity contribution is -0.137. The quantitative estimate of drug-likeness (QED) is 0.861. The minimum Gasteiger partial charge on any atom is -0.475 e.